The third-order valence-electron chi connectivity index (χ3n) is 9.22. The highest BCUT2D eigenvalue weighted by molar-refractivity contribution is 5.66. The molecule has 1 rings (SSSR count). The molecule has 238 valence electrons. The van der Waals surface area contributed by atoms with Crippen LogP contribution >= 0.6 is 0 Å². The Morgan fingerprint density at radius 3 is 1.56 bits per heavy atom. The van der Waals surface area contributed by atoms with Crippen LogP contribution in [0.4, 0.5) is 0 Å². The van der Waals surface area contributed by atoms with E-state index in [4.69, 9.17) is 10.2 Å². The van der Waals surface area contributed by atoms with Crippen molar-refractivity contribution in [3.05, 3.63) is 24.3 Å². The predicted molar refractivity (Wildman–Crippen MR) is 174 cm³/mol. The van der Waals surface area contributed by atoms with Crippen LogP contribution in [-0.4, -0.2) is 22.2 Å². The first-order valence-corrected chi connectivity index (χ1v) is 17.8. The van der Waals surface area contributed by atoms with Crippen molar-refractivity contribution in [1.82, 2.24) is 0 Å². The first-order valence-electron chi connectivity index (χ1n) is 17.8. The summed E-state index contributed by atoms with van der Waals surface area (Å²) in [6.07, 6.45) is 39.0. The molecule has 0 aliphatic heterocycles. The average molecular weight is 575 g/mol. The van der Waals surface area contributed by atoms with Crippen molar-refractivity contribution in [1.29, 1.82) is 0 Å². The maximum atomic E-state index is 10.8. The fourth-order valence-corrected chi connectivity index (χ4v) is 6.75. The van der Waals surface area contributed by atoms with Crippen LogP contribution < -0.4 is 0 Å². The summed E-state index contributed by atoms with van der Waals surface area (Å²) in [4.78, 5) is 21.5. The molecule has 0 fully saturated rings. The van der Waals surface area contributed by atoms with Crippen molar-refractivity contribution in [2.24, 2.45) is 23.7 Å². The van der Waals surface area contributed by atoms with Crippen molar-refractivity contribution in [3.8, 4) is 0 Å². The maximum absolute atomic E-state index is 10.8. The third kappa shape index (κ3) is 20.0. The molecule has 1 aliphatic carbocycles. The molecule has 0 saturated heterocycles. The smallest absolute Gasteiger partial charge is 0.303 e. The summed E-state index contributed by atoms with van der Waals surface area (Å²) in [6.45, 7) is 4.59. The van der Waals surface area contributed by atoms with Gasteiger partial charge >= 0.3 is 11.9 Å². The highest BCUT2D eigenvalue weighted by atomic mass is 16.4. The number of allylic oxidation sites excluding steroid dienone is 4. The van der Waals surface area contributed by atoms with Crippen LogP contribution in [0, 0.1) is 23.7 Å². The monoisotopic (exact) mass is 574 g/mol. The second-order valence-corrected chi connectivity index (χ2v) is 12.8. The number of carboxylic acid groups (broad SMARTS) is 2. The number of carboxylic acids is 2. The van der Waals surface area contributed by atoms with Gasteiger partial charge in [0.05, 0.1) is 0 Å². The molecule has 0 saturated carbocycles. The summed E-state index contributed by atoms with van der Waals surface area (Å²) in [5.74, 6) is 1.46. The molecule has 2 N–H and O–H groups in total. The Morgan fingerprint density at radius 1 is 0.561 bits per heavy atom. The predicted octanol–water partition coefficient (Wildman–Crippen LogP) is 11.5. The molecular formula is C37H66O4. The molecule has 4 unspecified atom stereocenters. The minimum atomic E-state index is -0.669. The molecule has 0 aromatic rings. The molecule has 0 aromatic carbocycles. The van der Waals surface area contributed by atoms with Gasteiger partial charge in [0.25, 0.3) is 0 Å². The summed E-state index contributed by atoms with van der Waals surface area (Å²) in [5.41, 5.74) is 0. The van der Waals surface area contributed by atoms with Crippen molar-refractivity contribution in [2.75, 3.05) is 0 Å². The van der Waals surface area contributed by atoms with Crippen LogP contribution in [0.5, 0.6) is 0 Å². The lowest BCUT2D eigenvalue weighted by Gasteiger charge is -2.39. The van der Waals surface area contributed by atoms with E-state index in [1.807, 2.05) is 0 Å². The molecule has 1 aliphatic rings. The second kappa shape index (κ2) is 26.1. The molecule has 0 spiro atoms. The highest BCUT2D eigenvalue weighted by Gasteiger charge is 2.33. The molecule has 0 aromatic heterocycles. The SMILES string of the molecule is CCCCCC=CC1C(CCCCC)C=CC(CCCCCCCCCC(=O)O)C1CCCCCCCCC(=O)O. The van der Waals surface area contributed by atoms with Gasteiger partial charge in [0.2, 0.25) is 0 Å². The molecular weight excluding hydrogens is 508 g/mol. The van der Waals surface area contributed by atoms with Gasteiger partial charge in [-0.1, -0.05) is 141 Å². The standard InChI is InChI=1S/C37H66O4/c1-3-5-7-13-20-26-34-32(24-18-6-4-2)30-31-33(25-19-14-9-8-10-16-22-28-36(38)39)35(34)27-21-15-11-12-17-23-29-37(40)41/h20,26,30-35H,3-19,21-25,27-29H2,1-2H3,(H,38,39)(H,40,41). The van der Waals surface area contributed by atoms with E-state index in [0.29, 0.717) is 30.6 Å². The van der Waals surface area contributed by atoms with Gasteiger partial charge in [-0.15, -0.1) is 0 Å². The lowest BCUT2D eigenvalue weighted by Crippen LogP contribution is -2.30. The summed E-state index contributed by atoms with van der Waals surface area (Å²) < 4.78 is 0. The van der Waals surface area contributed by atoms with E-state index in [-0.39, 0.29) is 0 Å². The summed E-state index contributed by atoms with van der Waals surface area (Å²) >= 11 is 0. The summed E-state index contributed by atoms with van der Waals surface area (Å²) in [7, 11) is 0. The van der Waals surface area contributed by atoms with Crippen LogP contribution in [0.15, 0.2) is 24.3 Å². The van der Waals surface area contributed by atoms with E-state index in [1.165, 1.54) is 116 Å². The molecule has 4 heteroatoms. The van der Waals surface area contributed by atoms with E-state index in [9.17, 15) is 9.59 Å². The molecule has 0 heterocycles. The number of unbranched alkanes of at least 4 members (excludes halogenated alkanes) is 16. The van der Waals surface area contributed by atoms with Gasteiger partial charge < -0.3 is 10.2 Å². The fourth-order valence-electron chi connectivity index (χ4n) is 6.75. The number of carbonyl (C=O) groups is 2. The minimum absolute atomic E-state index is 0.312. The Labute approximate surface area is 253 Å². The van der Waals surface area contributed by atoms with Crippen LogP contribution in [0.3, 0.4) is 0 Å². The Balaban J connectivity index is 2.69. The van der Waals surface area contributed by atoms with Gasteiger partial charge in [-0.05, 0) is 68.6 Å². The summed E-state index contributed by atoms with van der Waals surface area (Å²) in [5, 5.41) is 17.7. The Hall–Kier alpha value is -1.58. The molecule has 0 radical (unpaired) electrons. The lowest BCUT2D eigenvalue weighted by atomic mass is 9.66. The van der Waals surface area contributed by atoms with Crippen LogP contribution in [0.2, 0.25) is 0 Å². The second-order valence-electron chi connectivity index (χ2n) is 12.8. The summed E-state index contributed by atoms with van der Waals surface area (Å²) in [6, 6.07) is 0. The van der Waals surface area contributed by atoms with Gasteiger partial charge in [-0.25, -0.2) is 0 Å². The first-order chi connectivity index (χ1) is 20.0. The van der Waals surface area contributed by atoms with E-state index in [1.54, 1.807) is 0 Å². The highest BCUT2D eigenvalue weighted by Crippen LogP contribution is 2.43. The minimum Gasteiger partial charge on any atom is -0.481 e. The van der Waals surface area contributed by atoms with Crippen molar-refractivity contribution < 1.29 is 19.8 Å². The van der Waals surface area contributed by atoms with Gasteiger partial charge in [0.15, 0.2) is 0 Å². The molecule has 41 heavy (non-hydrogen) atoms. The Kier molecular flexibility index (Phi) is 23.8. The van der Waals surface area contributed by atoms with Crippen LogP contribution in [0.25, 0.3) is 0 Å². The first kappa shape index (κ1) is 37.4. The maximum Gasteiger partial charge on any atom is 0.303 e. The van der Waals surface area contributed by atoms with Gasteiger partial charge in [-0.2, -0.15) is 0 Å². The number of hydrogen-bond acceptors (Lipinski definition) is 2. The van der Waals surface area contributed by atoms with E-state index >= 15 is 0 Å². The van der Waals surface area contributed by atoms with Gasteiger partial charge in [0.1, 0.15) is 0 Å². The van der Waals surface area contributed by atoms with E-state index in [0.717, 1.165) is 38.0 Å². The number of hydrogen-bond donors (Lipinski definition) is 2. The zero-order valence-electron chi connectivity index (χ0n) is 27.0. The van der Waals surface area contributed by atoms with Crippen molar-refractivity contribution in [3.63, 3.8) is 0 Å². The van der Waals surface area contributed by atoms with E-state index in [2.05, 4.69) is 38.2 Å². The molecule has 4 atom stereocenters. The number of rotatable bonds is 28. The van der Waals surface area contributed by atoms with Crippen LogP contribution in [-0.2, 0) is 9.59 Å². The van der Waals surface area contributed by atoms with Crippen molar-refractivity contribution >= 4 is 11.9 Å². The topological polar surface area (TPSA) is 74.6 Å². The van der Waals surface area contributed by atoms with Gasteiger partial charge in [-0.3, -0.25) is 9.59 Å². The normalized spacial score (nSPS) is 20.6. The zero-order valence-corrected chi connectivity index (χ0v) is 27.0. The lowest BCUT2D eigenvalue weighted by molar-refractivity contribution is -0.138. The van der Waals surface area contributed by atoms with E-state index < -0.39 is 11.9 Å². The van der Waals surface area contributed by atoms with Crippen molar-refractivity contribution in [2.45, 2.75) is 174 Å². The molecule has 0 amide bonds. The van der Waals surface area contributed by atoms with Crippen LogP contribution in [0.1, 0.15) is 174 Å². The third-order valence-corrected chi connectivity index (χ3v) is 9.22. The number of aliphatic carboxylic acids is 2. The molecule has 4 nitrogen and oxygen atoms in total. The Bertz CT molecular complexity index is 697. The largest absolute Gasteiger partial charge is 0.481 e. The molecule has 0 bridgehead atoms. The Morgan fingerprint density at radius 2 is 1.00 bits per heavy atom. The fraction of sp³-hybridized carbons (Fsp3) is 0.838. The van der Waals surface area contributed by atoms with Gasteiger partial charge in [0, 0.05) is 12.8 Å². The zero-order chi connectivity index (χ0) is 30.0. The quantitative estimate of drug-likeness (QED) is 0.0720. The average Bonchev–Trinajstić information content (AvgIpc) is 2.94.